The van der Waals surface area contributed by atoms with E-state index in [1.807, 2.05) is 26.0 Å². The number of rotatable bonds is 4. The van der Waals surface area contributed by atoms with Crippen molar-refractivity contribution in [3.8, 4) is 0 Å². The zero-order valence-corrected chi connectivity index (χ0v) is 13.4. The van der Waals surface area contributed by atoms with Crippen LogP contribution < -0.4 is 10.3 Å². The first-order valence-electron chi connectivity index (χ1n) is 7.16. The quantitative estimate of drug-likeness (QED) is 0.841. The zero-order valence-electron chi connectivity index (χ0n) is 12.5. The van der Waals surface area contributed by atoms with Crippen molar-refractivity contribution in [1.82, 2.24) is 14.8 Å². The van der Waals surface area contributed by atoms with Crippen LogP contribution in [0.25, 0.3) is 0 Å². The molecule has 1 aromatic carbocycles. The number of aryl methyl sites for hydroxylation is 4. The third kappa shape index (κ3) is 3.10. The predicted octanol–water partition coefficient (Wildman–Crippen LogP) is 1.89. The molecule has 0 unspecified atom stereocenters. The topological polar surface area (TPSA) is 84.0 Å². The molecule has 3 rings (SSSR count). The largest absolute Gasteiger partial charge is 0.276 e. The molecule has 7 heteroatoms. The van der Waals surface area contributed by atoms with Gasteiger partial charge in [-0.15, -0.1) is 4.83 Å². The van der Waals surface area contributed by atoms with Crippen molar-refractivity contribution in [2.45, 2.75) is 38.0 Å². The summed E-state index contributed by atoms with van der Waals surface area (Å²) in [5.41, 5.74) is 6.47. The number of nitrogens with one attached hydrogen (secondary N) is 2. The maximum atomic E-state index is 12.3. The number of hydrazine groups is 1. The van der Waals surface area contributed by atoms with Gasteiger partial charge in [-0.2, -0.15) is 0 Å². The Hall–Kier alpha value is -1.99. The lowest BCUT2D eigenvalue weighted by Crippen LogP contribution is -2.30. The van der Waals surface area contributed by atoms with Crippen molar-refractivity contribution in [2.24, 2.45) is 0 Å². The average Bonchev–Trinajstić information content (AvgIpc) is 2.91. The van der Waals surface area contributed by atoms with E-state index in [1.54, 1.807) is 12.1 Å². The first-order valence-corrected chi connectivity index (χ1v) is 8.64. The van der Waals surface area contributed by atoms with E-state index in [-0.39, 0.29) is 10.8 Å². The molecule has 0 bridgehead atoms. The molecule has 0 saturated heterocycles. The summed E-state index contributed by atoms with van der Waals surface area (Å²) in [6, 6.07) is 7.09. The number of anilines is 1. The Morgan fingerprint density at radius 3 is 2.41 bits per heavy atom. The molecule has 2 aromatic rings. The fraction of sp³-hybridized carbons (Fsp3) is 0.333. The van der Waals surface area contributed by atoms with Crippen molar-refractivity contribution >= 4 is 16.0 Å². The number of hydrogen-bond donors (Lipinski definition) is 2. The molecule has 2 N–H and O–H groups in total. The van der Waals surface area contributed by atoms with Crippen LogP contribution in [0.1, 0.15) is 28.9 Å². The van der Waals surface area contributed by atoms with E-state index < -0.39 is 10.0 Å². The number of hydrogen-bond acceptors (Lipinski definition) is 5. The molecule has 0 spiro atoms. The molecule has 0 fully saturated rings. The van der Waals surface area contributed by atoms with Crippen molar-refractivity contribution in [3.05, 3.63) is 46.8 Å². The molecule has 0 radical (unpaired) electrons. The maximum absolute atomic E-state index is 12.3. The highest BCUT2D eigenvalue weighted by Gasteiger charge is 2.18. The van der Waals surface area contributed by atoms with Gasteiger partial charge in [0.2, 0.25) is 5.95 Å². The second kappa shape index (κ2) is 5.66. The van der Waals surface area contributed by atoms with Crippen LogP contribution in [0.3, 0.4) is 0 Å². The van der Waals surface area contributed by atoms with E-state index in [2.05, 4.69) is 20.2 Å². The predicted molar refractivity (Wildman–Crippen MR) is 83.9 cm³/mol. The van der Waals surface area contributed by atoms with Crippen LogP contribution in [0.4, 0.5) is 5.95 Å². The van der Waals surface area contributed by atoms with Crippen LogP contribution in [-0.2, 0) is 22.9 Å². The summed E-state index contributed by atoms with van der Waals surface area (Å²) in [6.07, 6.45) is 3.05. The number of benzene rings is 1. The van der Waals surface area contributed by atoms with Gasteiger partial charge in [-0.25, -0.2) is 18.4 Å². The second-order valence-electron chi connectivity index (χ2n) is 5.49. The number of fused-ring (bicyclic) bond motifs is 1. The van der Waals surface area contributed by atoms with Gasteiger partial charge in [0.25, 0.3) is 10.0 Å². The molecule has 1 aliphatic rings. The van der Waals surface area contributed by atoms with Gasteiger partial charge in [0.05, 0.1) is 4.90 Å². The van der Waals surface area contributed by atoms with Crippen molar-refractivity contribution in [1.29, 1.82) is 0 Å². The Morgan fingerprint density at radius 1 is 1.00 bits per heavy atom. The molecule has 6 nitrogen and oxygen atoms in total. The number of aromatic nitrogens is 2. The van der Waals surface area contributed by atoms with Crippen LogP contribution in [0.2, 0.25) is 0 Å². The minimum absolute atomic E-state index is 0.238. The average molecular weight is 318 g/mol. The molecule has 0 atom stereocenters. The van der Waals surface area contributed by atoms with Gasteiger partial charge >= 0.3 is 0 Å². The summed E-state index contributed by atoms with van der Waals surface area (Å²) in [6.45, 7) is 3.66. The van der Waals surface area contributed by atoms with Crippen LogP contribution in [-0.4, -0.2) is 18.4 Å². The Kier molecular flexibility index (Phi) is 3.84. The second-order valence-corrected chi connectivity index (χ2v) is 7.17. The lowest BCUT2D eigenvalue weighted by molar-refractivity contribution is 0.587. The lowest BCUT2D eigenvalue weighted by atomic mass is 10.1. The molecule has 116 valence electrons. The number of sulfonamides is 1. The zero-order chi connectivity index (χ0) is 15.7. The highest BCUT2D eigenvalue weighted by molar-refractivity contribution is 7.89. The Bertz CT molecular complexity index is 798. The molecule has 1 heterocycles. The summed E-state index contributed by atoms with van der Waals surface area (Å²) in [4.78, 5) is 10.9. The van der Waals surface area contributed by atoms with Gasteiger partial charge in [-0.3, -0.25) is 5.43 Å². The molecule has 1 aromatic heterocycles. The fourth-order valence-corrected chi connectivity index (χ4v) is 3.56. The minimum atomic E-state index is -3.65. The standard InChI is InChI=1S/C15H18N4O2S/c1-10-8-11(2)17-15(16-10)18-19-22(20,21)14-7-6-12-4-3-5-13(12)9-14/h6-9,19H,3-5H2,1-2H3,(H,16,17,18). The van der Waals surface area contributed by atoms with Crippen molar-refractivity contribution < 1.29 is 8.42 Å². The van der Waals surface area contributed by atoms with Crippen LogP contribution >= 0.6 is 0 Å². The summed E-state index contributed by atoms with van der Waals surface area (Å²) in [5, 5.41) is 0. The molecule has 1 aliphatic carbocycles. The molecule has 0 aliphatic heterocycles. The van der Waals surface area contributed by atoms with Crippen LogP contribution in [0.5, 0.6) is 0 Å². The summed E-state index contributed by atoms with van der Waals surface area (Å²) in [5.74, 6) is 0.238. The Labute approximate surface area is 130 Å². The fourth-order valence-electron chi connectivity index (χ4n) is 2.67. The highest BCUT2D eigenvalue weighted by Crippen LogP contribution is 2.24. The SMILES string of the molecule is Cc1cc(C)nc(NNS(=O)(=O)c2ccc3c(c2)CCC3)n1. The third-order valence-corrected chi connectivity index (χ3v) is 4.91. The maximum Gasteiger partial charge on any atom is 0.257 e. The van der Waals surface area contributed by atoms with Crippen molar-refractivity contribution in [2.75, 3.05) is 5.43 Å². The van der Waals surface area contributed by atoms with E-state index in [1.165, 1.54) is 5.56 Å². The minimum Gasteiger partial charge on any atom is -0.276 e. The summed E-state index contributed by atoms with van der Waals surface area (Å²) < 4.78 is 24.7. The molecule has 22 heavy (non-hydrogen) atoms. The monoisotopic (exact) mass is 318 g/mol. The van der Waals surface area contributed by atoms with Gasteiger partial charge in [0, 0.05) is 11.4 Å². The van der Waals surface area contributed by atoms with E-state index in [0.29, 0.717) is 0 Å². The first-order chi connectivity index (χ1) is 10.4. The van der Waals surface area contributed by atoms with E-state index in [0.717, 1.165) is 36.2 Å². The normalized spacial score (nSPS) is 13.9. The highest BCUT2D eigenvalue weighted by atomic mass is 32.2. The van der Waals surface area contributed by atoms with E-state index >= 15 is 0 Å². The van der Waals surface area contributed by atoms with Gasteiger partial charge in [0.1, 0.15) is 0 Å². The number of nitrogens with zero attached hydrogens (tertiary/aromatic N) is 2. The Morgan fingerprint density at radius 2 is 1.68 bits per heavy atom. The Balaban J connectivity index is 1.79. The third-order valence-electron chi connectivity index (χ3n) is 3.66. The lowest BCUT2D eigenvalue weighted by Gasteiger charge is -2.10. The van der Waals surface area contributed by atoms with Gasteiger partial charge in [-0.05, 0) is 62.4 Å². The first kappa shape index (κ1) is 14.9. The molecule has 0 amide bonds. The summed E-state index contributed by atoms with van der Waals surface area (Å²) in [7, 11) is -3.65. The van der Waals surface area contributed by atoms with Crippen molar-refractivity contribution in [3.63, 3.8) is 0 Å². The van der Waals surface area contributed by atoms with Gasteiger partial charge < -0.3 is 0 Å². The summed E-state index contributed by atoms with van der Waals surface area (Å²) >= 11 is 0. The van der Waals surface area contributed by atoms with Crippen LogP contribution in [0.15, 0.2) is 29.2 Å². The smallest absolute Gasteiger partial charge is 0.257 e. The molecular weight excluding hydrogens is 300 g/mol. The van der Waals surface area contributed by atoms with E-state index in [4.69, 9.17) is 0 Å². The molecule has 0 saturated carbocycles. The van der Waals surface area contributed by atoms with Gasteiger partial charge in [-0.1, -0.05) is 6.07 Å². The van der Waals surface area contributed by atoms with Gasteiger partial charge in [0.15, 0.2) is 0 Å². The van der Waals surface area contributed by atoms with Crippen LogP contribution in [0, 0.1) is 13.8 Å². The van der Waals surface area contributed by atoms with E-state index in [9.17, 15) is 8.42 Å². The molecular formula is C15H18N4O2S.